The number of aromatic amines is 1. The molecule has 0 bridgehead atoms. The van der Waals surface area contributed by atoms with Crippen molar-refractivity contribution in [3.63, 3.8) is 0 Å². The summed E-state index contributed by atoms with van der Waals surface area (Å²) in [4.78, 5) is 19.8. The van der Waals surface area contributed by atoms with E-state index < -0.39 is 5.97 Å². The second-order valence-corrected chi connectivity index (χ2v) is 4.98. The second-order valence-electron chi connectivity index (χ2n) is 3.95. The molecule has 0 aliphatic carbocycles. The second kappa shape index (κ2) is 4.27. The lowest BCUT2D eigenvalue weighted by molar-refractivity contribution is 0.0699. The molecule has 1 aromatic carbocycles. The summed E-state index contributed by atoms with van der Waals surface area (Å²) in [5.41, 5.74) is 1.53. The monoisotopic (exact) mass is 258 g/mol. The van der Waals surface area contributed by atoms with Crippen LogP contribution in [0.3, 0.4) is 0 Å². The van der Waals surface area contributed by atoms with E-state index in [-0.39, 0.29) is 5.56 Å². The Bertz CT molecular complexity index is 701. The van der Waals surface area contributed by atoms with Crippen LogP contribution in [-0.4, -0.2) is 21.0 Å². The Morgan fingerprint density at radius 3 is 2.94 bits per heavy atom. The Balaban J connectivity index is 2.05. The molecule has 0 saturated carbocycles. The zero-order valence-electron chi connectivity index (χ0n) is 9.38. The molecule has 0 aliphatic heterocycles. The zero-order valence-corrected chi connectivity index (χ0v) is 10.2. The predicted octanol–water partition coefficient (Wildman–Crippen LogP) is 2.91. The highest BCUT2D eigenvalue weighted by Gasteiger charge is 2.12. The van der Waals surface area contributed by atoms with E-state index in [2.05, 4.69) is 9.97 Å². The fourth-order valence-electron chi connectivity index (χ4n) is 1.92. The third-order valence-corrected chi connectivity index (χ3v) is 3.59. The summed E-state index contributed by atoms with van der Waals surface area (Å²) in [6.45, 7) is 0. The van der Waals surface area contributed by atoms with Crippen LogP contribution in [-0.2, 0) is 6.42 Å². The molecule has 0 unspecified atom stereocenters. The van der Waals surface area contributed by atoms with Crippen LogP contribution in [0.1, 0.15) is 21.1 Å². The highest BCUT2D eigenvalue weighted by molar-refractivity contribution is 7.09. The number of rotatable bonds is 3. The molecule has 0 aliphatic rings. The molecule has 90 valence electrons. The van der Waals surface area contributed by atoms with E-state index in [0.717, 1.165) is 11.3 Å². The SMILES string of the molecule is O=C(O)c1cccc2[nH]c(Cc3cccs3)nc12. The van der Waals surface area contributed by atoms with Gasteiger partial charge in [-0.2, -0.15) is 0 Å². The van der Waals surface area contributed by atoms with Crippen LogP contribution in [0.15, 0.2) is 35.7 Å². The van der Waals surface area contributed by atoms with Gasteiger partial charge in [-0.1, -0.05) is 12.1 Å². The first-order chi connectivity index (χ1) is 8.74. The van der Waals surface area contributed by atoms with Crippen LogP contribution >= 0.6 is 11.3 Å². The lowest BCUT2D eigenvalue weighted by Crippen LogP contribution is -1.96. The van der Waals surface area contributed by atoms with Gasteiger partial charge in [-0.25, -0.2) is 9.78 Å². The number of aromatic nitrogens is 2. The van der Waals surface area contributed by atoms with Gasteiger partial charge in [0.2, 0.25) is 0 Å². The lowest BCUT2D eigenvalue weighted by atomic mass is 10.2. The number of carbonyl (C=O) groups is 1. The zero-order chi connectivity index (χ0) is 12.5. The number of H-pyrrole nitrogens is 1. The quantitative estimate of drug-likeness (QED) is 0.759. The minimum absolute atomic E-state index is 0.237. The van der Waals surface area contributed by atoms with Gasteiger partial charge in [-0.05, 0) is 23.6 Å². The third-order valence-electron chi connectivity index (χ3n) is 2.71. The Morgan fingerprint density at radius 1 is 1.33 bits per heavy atom. The number of aromatic carboxylic acids is 1. The number of thiophene rings is 1. The summed E-state index contributed by atoms with van der Waals surface area (Å²) in [6.07, 6.45) is 0.700. The molecule has 0 fully saturated rings. The van der Waals surface area contributed by atoms with E-state index in [4.69, 9.17) is 5.11 Å². The first-order valence-corrected chi connectivity index (χ1v) is 6.35. The van der Waals surface area contributed by atoms with Crippen LogP contribution in [0.25, 0.3) is 11.0 Å². The third kappa shape index (κ3) is 1.89. The summed E-state index contributed by atoms with van der Waals surface area (Å²) in [5.74, 6) is -0.157. The van der Waals surface area contributed by atoms with E-state index in [0.29, 0.717) is 11.9 Å². The predicted molar refractivity (Wildman–Crippen MR) is 70.2 cm³/mol. The number of carboxylic acid groups (broad SMARTS) is 1. The number of fused-ring (bicyclic) bond motifs is 1. The first-order valence-electron chi connectivity index (χ1n) is 5.47. The Morgan fingerprint density at radius 2 is 2.22 bits per heavy atom. The molecule has 5 heteroatoms. The number of hydrogen-bond donors (Lipinski definition) is 2. The van der Waals surface area contributed by atoms with Crippen molar-refractivity contribution in [3.05, 3.63) is 52.0 Å². The maximum atomic E-state index is 11.1. The molecule has 0 radical (unpaired) electrons. The molecular formula is C13H10N2O2S. The van der Waals surface area contributed by atoms with E-state index in [1.165, 1.54) is 4.88 Å². The number of nitrogens with one attached hydrogen (secondary N) is 1. The van der Waals surface area contributed by atoms with Gasteiger partial charge in [0.1, 0.15) is 11.3 Å². The van der Waals surface area contributed by atoms with Crippen LogP contribution in [0.5, 0.6) is 0 Å². The number of benzene rings is 1. The lowest BCUT2D eigenvalue weighted by Gasteiger charge is -1.93. The number of imidazole rings is 1. The smallest absolute Gasteiger partial charge is 0.337 e. The molecule has 3 aromatic rings. The van der Waals surface area contributed by atoms with Crippen molar-refractivity contribution < 1.29 is 9.90 Å². The summed E-state index contributed by atoms with van der Waals surface area (Å²) in [5, 5.41) is 11.1. The maximum absolute atomic E-state index is 11.1. The van der Waals surface area contributed by atoms with Crippen molar-refractivity contribution >= 4 is 28.3 Å². The van der Waals surface area contributed by atoms with Gasteiger partial charge in [-0.15, -0.1) is 11.3 Å². The summed E-state index contributed by atoms with van der Waals surface area (Å²) >= 11 is 1.66. The molecule has 2 N–H and O–H groups in total. The van der Waals surface area contributed by atoms with Crippen LogP contribution in [0.2, 0.25) is 0 Å². The molecule has 2 aromatic heterocycles. The molecule has 3 rings (SSSR count). The molecule has 0 spiro atoms. The number of para-hydroxylation sites is 1. The fraction of sp³-hybridized carbons (Fsp3) is 0.0769. The number of hydrogen-bond acceptors (Lipinski definition) is 3. The van der Waals surface area contributed by atoms with Gasteiger partial charge in [0, 0.05) is 11.3 Å². The van der Waals surface area contributed by atoms with Crippen molar-refractivity contribution in [1.29, 1.82) is 0 Å². The van der Waals surface area contributed by atoms with Gasteiger partial charge in [-0.3, -0.25) is 0 Å². The van der Waals surface area contributed by atoms with Crippen molar-refractivity contribution in [3.8, 4) is 0 Å². The van der Waals surface area contributed by atoms with Crippen molar-refractivity contribution in [2.45, 2.75) is 6.42 Å². The molecule has 0 saturated heterocycles. The normalized spacial score (nSPS) is 10.9. The van der Waals surface area contributed by atoms with Gasteiger partial charge in [0.05, 0.1) is 11.1 Å². The Hall–Kier alpha value is -2.14. The largest absolute Gasteiger partial charge is 0.478 e. The van der Waals surface area contributed by atoms with Gasteiger partial charge < -0.3 is 10.1 Å². The number of carboxylic acids is 1. The first kappa shape index (κ1) is 11.0. The maximum Gasteiger partial charge on any atom is 0.337 e. The molecule has 18 heavy (non-hydrogen) atoms. The number of nitrogens with zero attached hydrogens (tertiary/aromatic N) is 1. The van der Waals surface area contributed by atoms with E-state index >= 15 is 0 Å². The average Bonchev–Trinajstić information content (AvgIpc) is 2.96. The molecule has 0 atom stereocenters. The van der Waals surface area contributed by atoms with Gasteiger partial charge >= 0.3 is 5.97 Å². The minimum Gasteiger partial charge on any atom is -0.478 e. The van der Waals surface area contributed by atoms with Crippen molar-refractivity contribution in [1.82, 2.24) is 9.97 Å². The molecule has 4 nitrogen and oxygen atoms in total. The van der Waals surface area contributed by atoms with Crippen LogP contribution < -0.4 is 0 Å². The highest BCUT2D eigenvalue weighted by atomic mass is 32.1. The summed E-state index contributed by atoms with van der Waals surface area (Å²) in [7, 11) is 0. The van der Waals surface area contributed by atoms with Gasteiger partial charge in [0.25, 0.3) is 0 Å². The van der Waals surface area contributed by atoms with Gasteiger partial charge in [0.15, 0.2) is 0 Å². The molecule has 0 amide bonds. The standard InChI is InChI=1S/C13H10N2O2S/c16-13(17)9-4-1-5-10-12(9)15-11(14-10)7-8-3-2-6-18-8/h1-6H,7H2,(H,14,15)(H,16,17). The van der Waals surface area contributed by atoms with Crippen molar-refractivity contribution in [2.24, 2.45) is 0 Å². The summed E-state index contributed by atoms with van der Waals surface area (Å²) in [6, 6.07) is 9.16. The van der Waals surface area contributed by atoms with E-state index in [9.17, 15) is 4.79 Å². The minimum atomic E-state index is -0.949. The Labute approximate surface area is 107 Å². The topological polar surface area (TPSA) is 66.0 Å². The van der Waals surface area contributed by atoms with Crippen molar-refractivity contribution in [2.75, 3.05) is 0 Å². The molecule has 2 heterocycles. The highest BCUT2D eigenvalue weighted by Crippen LogP contribution is 2.19. The van der Waals surface area contributed by atoms with E-state index in [1.54, 1.807) is 23.5 Å². The van der Waals surface area contributed by atoms with E-state index in [1.807, 2.05) is 23.6 Å². The average molecular weight is 258 g/mol. The van der Waals surface area contributed by atoms with Crippen LogP contribution in [0, 0.1) is 0 Å². The summed E-state index contributed by atoms with van der Waals surface area (Å²) < 4.78 is 0. The fourth-order valence-corrected chi connectivity index (χ4v) is 2.63. The molecular weight excluding hydrogens is 248 g/mol. The Kier molecular flexibility index (Phi) is 2.60. The van der Waals surface area contributed by atoms with Crippen LogP contribution in [0.4, 0.5) is 0 Å².